The van der Waals surface area contributed by atoms with Gasteiger partial charge in [-0.15, -0.1) is 0 Å². The molecule has 0 unspecified atom stereocenters. The van der Waals surface area contributed by atoms with Crippen molar-refractivity contribution in [3.05, 3.63) is 36.1 Å². The van der Waals surface area contributed by atoms with Crippen LogP contribution < -0.4 is 10.1 Å². The Kier molecular flexibility index (Phi) is 2.98. The van der Waals surface area contributed by atoms with Crippen LogP contribution in [0.5, 0.6) is 5.75 Å². The summed E-state index contributed by atoms with van der Waals surface area (Å²) in [5, 5.41) is 2.94. The molecule has 0 saturated heterocycles. The van der Waals surface area contributed by atoms with Gasteiger partial charge in [-0.25, -0.2) is 14.4 Å². The third kappa shape index (κ3) is 1.95. The summed E-state index contributed by atoms with van der Waals surface area (Å²) >= 11 is 0. The van der Waals surface area contributed by atoms with E-state index in [-0.39, 0.29) is 0 Å². The third-order valence-corrected chi connectivity index (χ3v) is 3.03. The standard InChI is InChI=1S/C14H13FN4O/c1-16-11-7-6-9-13(18-11)19-14(17-9)12-8(15)4-3-5-10(12)20-2/h3-7H,1-2H3,(H2,16,17,18,19). The Morgan fingerprint density at radius 3 is 2.80 bits per heavy atom. The summed E-state index contributed by atoms with van der Waals surface area (Å²) in [5.74, 6) is 1.14. The predicted octanol–water partition coefficient (Wildman–Crippen LogP) is 2.81. The number of aromatic nitrogens is 3. The molecule has 5 nitrogen and oxygen atoms in total. The summed E-state index contributed by atoms with van der Waals surface area (Å²) < 4.78 is 19.2. The number of imidazole rings is 1. The van der Waals surface area contributed by atoms with Gasteiger partial charge in [0.25, 0.3) is 0 Å². The Labute approximate surface area is 114 Å². The zero-order valence-corrected chi connectivity index (χ0v) is 11.1. The highest BCUT2D eigenvalue weighted by Gasteiger charge is 2.16. The maximum absolute atomic E-state index is 14.0. The van der Waals surface area contributed by atoms with Crippen molar-refractivity contribution >= 4 is 17.0 Å². The Morgan fingerprint density at radius 1 is 1.20 bits per heavy atom. The first-order chi connectivity index (χ1) is 9.72. The average Bonchev–Trinajstić information content (AvgIpc) is 2.88. The van der Waals surface area contributed by atoms with Crippen LogP contribution in [0.25, 0.3) is 22.6 Å². The van der Waals surface area contributed by atoms with Crippen LogP contribution in [0.15, 0.2) is 30.3 Å². The van der Waals surface area contributed by atoms with E-state index in [1.807, 2.05) is 12.1 Å². The van der Waals surface area contributed by atoms with Crippen molar-refractivity contribution in [2.24, 2.45) is 0 Å². The zero-order chi connectivity index (χ0) is 14.1. The highest BCUT2D eigenvalue weighted by atomic mass is 19.1. The molecule has 0 aliphatic heterocycles. The molecule has 1 aromatic carbocycles. The van der Waals surface area contributed by atoms with Gasteiger partial charge in [0.15, 0.2) is 5.65 Å². The Balaban J connectivity index is 2.20. The van der Waals surface area contributed by atoms with Crippen LogP contribution in [0, 0.1) is 5.82 Å². The molecular weight excluding hydrogens is 259 g/mol. The molecule has 3 rings (SSSR count). The van der Waals surface area contributed by atoms with E-state index in [0.717, 1.165) is 5.52 Å². The highest BCUT2D eigenvalue weighted by molar-refractivity contribution is 5.79. The number of pyridine rings is 1. The van der Waals surface area contributed by atoms with Gasteiger partial charge in [-0.3, -0.25) is 0 Å². The summed E-state index contributed by atoms with van der Waals surface area (Å²) in [4.78, 5) is 11.7. The predicted molar refractivity (Wildman–Crippen MR) is 75.4 cm³/mol. The number of methoxy groups -OCH3 is 1. The number of H-pyrrole nitrogens is 1. The number of anilines is 1. The van der Waals surface area contributed by atoms with Gasteiger partial charge >= 0.3 is 0 Å². The topological polar surface area (TPSA) is 62.8 Å². The van der Waals surface area contributed by atoms with Gasteiger partial charge in [0.2, 0.25) is 0 Å². The lowest BCUT2D eigenvalue weighted by Gasteiger charge is -2.06. The third-order valence-electron chi connectivity index (χ3n) is 3.03. The number of benzene rings is 1. The maximum atomic E-state index is 14.0. The van der Waals surface area contributed by atoms with Gasteiger partial charge in [0.05, 0.1) is 18.2 Å². The number of hydrogen-bond donors (Lipinski definition) is 2. The number of nitrogens with one attached hydrogen (secondary N) is 2. The Morgan fingerprint density at radius 2 is 2.05 bits per heavy atom. The van der Waals surface area contributed by atoms with E-state index in [2.05, 4.69) is 20.3 Å². The lowest BCUT2D eigenvalue weighted by molar-refractivity contribution is 0.413. The number of fused-ring (bicyclic) bond motifs is 1. The molecule has 20 heavy (non-hydrogen) atoms. The van der Waals surface area contributed by atoms with E-state index in [9.17, 15) is 4.39 Å². The van der Waals surface area contributed by atoms with Crippen molar-refractivity contribution in [2.75, 3.05) is 19.5 Å². The normalized spacial score (nSPS) is 10.8. The molecule has 102 valence electrons. The van der Waals surface area contributed by atoms with E-state index in [4.69, 9.17) is 4.74 Å². The molecule has 0 radical (unpaired) electrons. The molecular formula is C14H13FN4O. The lowest BCUT2D eigenvalue weighted by atomic mass is 10.2. The second-order valence-electron chi connectivity index (χ2n) is 4.22. The summed E-state index contributed by atoms with van der Waals surface area (Å²) in [7, 11) is 3.28. The summed E-state index contributed by atoms with van der Waals surface area (Å²) in [5.41, 5.74) is 1.57. The molecule has 0 aliphatic rings. The van der Waals surface area contributed by atoms with Gasteiger partial charge < -0.3 is 15.0 Å². The first-order valence-corrected chi connectivity index (χ1v) is 6.10. The SMILES string of the molecule is CNc1ccc2[nH]c(-c3c(F)cccc3OC)nc2n1. The molecule has 3 aromatic rings. The van der Waals surface area contributed by atoms with Crippen molar-refractivity contribution in [1.82, 2.24) is 15.0 Å². The smallest absolute Gasteiger partial charge is 0.180 e. The quantitative estimate of drug-likeness (QED) is 0.769. The number of halogens is 1. The number of aromatic amines is 1. The molecule has 2 heterocycles. The largest absolute Gasteiger partial charge is 0.496 e. The van der Waals surface area contributed by atoms with Crippen LogP contribution >= 0.6 is 0 Å². The monoisotopic (exact) mass is 272 g/mol. The van der Waals surface area contributed by atoms with E-state index in [1.54, 1.807) is 19.2 Å². The fraction of sp³-hybridized carbons (Fsp3) is 0.143. The van der Waals surface area contributed by atoms with Crippen molar-refractivity contribution in [3.63, 3.8) is 0 Å². The fourth-order valence-electron chi connectivity index (χ4n) is 2.05. The number of hydrogen-bond acceptors (Lipinski definition) is 4. The highest BCUT2D eigenvalue weighted by Crippen LogP contribution is 2.31. The Hall–Kier alpha value is -2.63. The van der Waals surface area contributed by atoms with E-state index in [1.165, 1.54) is 13.2 Å². The van der Waals surface area contributed by atoms with E-state index >= 15 is 0 Å². The second-order valence-corrected chi connectivity index (χ2v) is 4.22. The van der Waals surface area contributed by atoms with Gasteiger partial charge in [0, 0.05) is 7.05 Å². The van der Waals surface area contributed by atoms with E-state index < -0.39 is 5.82 Å². The minimum atomic E-state index is -0.391. The van der Waals surface area contributed by atoms with Crippen molar-refractivity contribution in [2.45, 2.75) is 0 Å². The lowest BCUT2D eigenvalue weighted by Crippen LogP contribution is -1.93. The van der Waals surface area contributed by atoms with Crippen molar-refractivity contribution in [3.8, 4) is 17.1 Å². The molecule has 2 aromatic heterocycles. The maximum Gasteiger partial charge on any atom is 0.180 e. The number of ether oxygens (including phenoxy) is 1. The summed E-state index contributed by atoms with van der Waals surface area (Å²) in [6, 6.07) is 8.33. The van der Waals surface area contributed by atoms with Crippen molar-refractivity contribution in [1.29, 1.82) is 0 Å². The van der Waals surface area contributed by atoms with Crippen molar-refractivity contribution < 1.29 is 9.13 Å². The molecule has 0 amide bonds. The molecule has 0 saturated carbocycles. The van der Waals surface area contributed by atoms with Gasteiger partial charge in [-0.1, -0.05) is 6.07 Å². The van der Waals surface area contributed by atoms with Crippen LogP contribution in [0.1, 0.15) is 0 Å². The van der Waals surface area contributed by atoms with E-state index in [0.29, 0.717) is 28.6 Å². The van der Waals surface area contributed by atoms with Gasteiger partial charge in [0.1, 0.15) is 23.2 Å². The molecule has 2 N–H and O–H groups in total. The van der Waals surface area contributed by atoms with Crippen LogP contribution in [0.3, 0.4) is 0 Å². The minimum Gasteiger partial charge on any atom is -0.496 e. The fourth-order valence-corrected chi connectivity index (χ4v) is 2.05. The van der Waals surface area contributed by atoms with Crippen LogP contribution in [-0.2, 0) is 0 Å². The number of rotatable bonds is 3. The molecule has 0 aliphatic carbocycles. The van der Waals surface area contributed by atoms with Crippen LogP contribution in [0.2, 0.25) is 0 Å². The minimum absolute atomic E-state index is 0.305. The summed E-state index contributed by atoms with van der Waals surface area (Å²) in [6.07, 6.45) is 0. The molecule has 0 spiro atoms. The van der Waals surface area contributed by atoms with Crippen LogP contribution in [0.4, 0.5) is 10.2 Å². The second kappa shape index (κ2) is 4.80. The van der Waals surface area contributed by atoms with Gasteiger partial charge in [-0.05, 0) is 24.3 Å². The van der Waals surface area contributed by atoms with Crippen LogP contribution in [-0.4, -0.2) is 29.1 Å². The van der Waals surface area contributed by atoms with Gasteiger partial charge in [-0.2, -0.15) is 0 Å². The first-order valence-electron chi connectivity index (χ1n) is 6.10. The number of nitrogens with zero attached hydrogens (tertiary/aromatic N) is 2. The first kappa shape index (κ1) is 12.4. The average molecular weight is 272 g/mol. The Bertz CT molecular complexity index is 769. The molecule has 0 fully saturated rings. The molecule has 0 atom stereocenters. The molecule has 0 bridgehead atoms. The summed E-state index contributed by atoms with van der Waals surface area (Å²) in [6.45, 7) is 0. The molecule has 6 heteroatoms. The zero-order valence-electron chi connectivity index (χ0n) is 11.1.